The first-order valence-corrected chi connectivity index (χ1v) is 6.92. The van der Waals surface area contributed by atoms with E-state index in [1.165, 1.54) is 11.1 Å². The molecule has 112 valence electrons. The van der Waals surface area contributed by atoms with E-state index in [-0.39, 0.29) is 30.5 Å². The van der Waals surface area contributed by atoms with E-state index in [0.29, 0.717) is 13.2 Å². The topological polar surface area (TPSA) is 50.4 Å². The van der Waals surface area contributed by atoms with Crippen molar-refractivity contribution < 1.29 is 9.53 Å². The molecule has 0 spiro atoms. The highest BCUT2D eigenvalue weighted by atomic mass is 35.5. The lowest BCUT2D eigenvalue weighted by Crippen LogP contribution is -2.55. The quantitative estimate of drug-likeness (QED) is 0.889. The zero-order chi connectivity index (χ0) is 13.7. The van der Waals surface area contributed by atoms with E-state index in [1.807, 2.05) is 19.1 Å². The van der Waals surface area contributed by atoms with Crippen LogP contribution in [0.3, 0.4) is 0 Å². The highest BCUT2D eigenvalue weighted by molar-refractivity contribution is 5.85. The summed E-state index contributed by atoms with van der Waals surface area (Å²) in [6.45, 7) is 6.03. The number of ether oxygens (including phenoxy) is 1. The van der Waals surface area contributed by atoms with E-state index in [2.05, 4.69) is 29.7 Å². The predicted molar refractivity (Wildman–Crippen MR) is 82.1 cm³/mol. The number of hydrogen-bond donors (Lipinski definition) is 2. The summed E-state index contributed by atoms with van der Waals surface area (Å²) in [6, 6.07) is 7.95. The largest absolute Gasteiger partial charge is 0.375 e. The molecule has 1 fully saturated rings. The number of morpholine rings is 1. The van der Waals surface area contributed by atoms with Crippen molar-refractivity contribution in [2.24, 2.45) is 0 Å². The summed E-state index contributed by atoms with van der Waals surface area (Å²) in [5.74, 6) is 0.0121. The second-order valence-corrected chi connectivity index (χ2v) is 4.85. The smallest absolute Gasteiger partial charge is 0.240 e. The Morgan fingerprint density at radius 3 is 2.75 bits per heavy atom. The second kappa shape index (κ2) is 8.25. The van der Waals surface area contributed by atoms with E-state index in [4.69, 9.17) is 4.74 Å². The molecule has 0 radical (unpaired) electrons. The van der Waals surface area contributed by atoms with Crippen LogP contribution in [0, 0.1) is 0 Å². The van der Waals surface area contributed by atoms with E-state index in [1.54, 1.807) is 0 Å². The summed E-state index contributed by atoms with van der Waals surface area (Å²) in [7, 11) is 0. The van der Waals surface area contributed by atoms with Gasteiger partial charge in [0.15, 0.2) is 0 Å². The maximum atomic E-state index is 12.1. The monoisotopic (exact) mass is 298 g/mol. The number of amides is 1. The molecular weight excluding hydrogens is 276 g/mol. The van der Waals surface area contributed by atoms with Crippen LogP contribution in [-0.2, 0) is 22.5 Å². The maximum absolute atomic E-state index is 12.1. The van der Waals surface area contributed by atoms with E-state index in [9.17, 15) is 4.79 Å². The highest BCUT2D eigenvalue weighted by Gasteiger charge is 2.27. The van der Waals surface area contributed by atoms with Gasteiger partial charge in [0.2, 0.25) is 5.91 Å². The third kappa shape index (κ3) is 4.20. The van der Waals surface area contributed by atoms with Gasteiger partial charge in [-0.1, -0.05) is 31.2 Å². The van der Waals surface area contributed by atoms with Crippen LogP contribution < -0.4 is 10.6 Å². The molecule has 1 aliphatic rings. The lowest BCUT2D eigenvalue weighted by atomic mass is 10.0. The van der Waals surface area contributed by atoms with E-state index < -0.39 is 0 Å². The summed E-state index contributed by atoms with van der Waals surface area (Å²) in [5, 5.41) is 6.19. The van der Waals surface area contributed by atoms with Gasteiger partial charge in [0, 0.05) is 13.1 Å². The molecular formula is C15H23ClN2O2. The molecule has 1 amide bonds. The van der Waals surface area contributed by atoms with Gasteiger partial charge in [0.05, 0.1) is 12.7 Å². The molecule has 5 heteroatoms. The van der Waals surface area contributed by atoms with Gasteiger partial charge in [-0.3, -0.25) is 4.79 Å². The molecule has 2 atom stereocenters. The van der Waals surface area contributed by atoms with Gasteiger partial charge in [-0.2, -0.15) is 0 Å². The summed E-state index contributed by atoms with van der Waals surface area (Å²) < 4.78 is 5.49. The first-order valence-electron chi connectivity index (χ1n) is 6.92. The zero-order valence-electron chi connectivity index (χ0n) is 12.0. The van der Waals surface area contributed by atoms with Crippen LogP contribution in [0.15, 0.2) is 24.3 Å². The van der Waals surface area contributed by atoms with Crippen molar-refractivity contribution in [1.82, 2.24) is 10.6 Å². The Labute approximate surface area is 126 Å². The zero-order valence-corrected chi connectivity index (χ0v) is 12.8. The van der Waals surface area contributed by atoms with E-state index >= 15 is 0 Å². The fraction of sp³-hybridized carbons (Fsp3) is 0.533. The SMILES string of the molecule is CCc1ccccc1CNC(=O)[C@H]1NCCO[C@@H]1C.Cl. The Kier molecular flexibility index (Phi) is 6.99. The molecule has 2 N–H and O–H groups in total. The number of halogens is 1. The number of rotatable bonds is 4. The van der Waals surface area contributed by atoms with Gasteiger partial charge in [-0.15, -0.1) is 12.4 Å². The molecule has 0 aromatic heterocycles. The summed E-state index contributed by atoms with van der Waals surface area (Å²) >= 11 is 0. The predicted octanol–water partition coefficient (Wildman–Crippen LogP) is 1.66. The fourth-order valence-electron chi connectivity index (χ4n) is 2.39. The number of benzene rings is 1. The van der Waals surface area contributed by atoms with Gasteiger partial charge in [-0.25, -0.2) is 0 Å². The van der Waals surface area contributed by atoms with Crippen LogP contribution in [0.4, 0.5) is 0 Å². The van der Waals surface area contributed by atoms with Crippen molar-refractivity contribution >= 4 is 18.3 Å². The van der Waals surface area contributed by atoms with Gasteiger partial charge >= 0.3 is 0 Å². The average molecular weight is 299 g/mol. The number of nitrogens with one attached hydrogen (secondary N) is 2. The highest BCUT2D eigenvalue weighted by Crippen LogP contribution is 2.10. The van der Waals surface area contributed by atoms with Crippen molar-refractivity contribution in [3.63, 3.8) is 0 Å². The Balaban J connectivity index is 0.00000200. The van der Waals surface area contributed by atoms with Crippen molar-refractivity contribution in [3.8, 4) is 0 Å². The van der Waals surface area contributed by atoms with Crippen LogP contribution in [0.2, 0.25) is 0 Å². The normalized spacial score (nSPS) is 21.9. The summed E-state index contributed by atoms with van der Waals surface area (Å²) in [5.41, 5.74) is 2.46. The van der Waals surface area contributed by atoms with Gasteiger partial charge < -0.3 is 15.4 Å². The van der Waals surface area contributed by atoms with Crippen LogP contribution in [0.25, 0.3) is 0 Å². The Hall–Kier alpha value is -1.10. The third-order valence-corrected chi connectivity index (χ3v) is 3.55. The molecule has 4 nitrogen and oxygen atoms in total. The second-order valence-electron chi connectivity index (χ2n) is 4.85. The summed E-state index contributed by atoms with van der Waals surface area (Å²) in [6.07, 6.45) is 0.905. The lowest BCUT2D eigenvalue weighted by molar-refractivity contribution is -0.129. The van der Waals surface area contributed by atoms with Crippen molar-refractivity contribution in [3.05, 3.63) is 35.4 Å². The number of carbonyl (C=O) groups is 1. The molecule has 0 saturated carbocycles. The van der Waals surface area contributed by atoms with Crippen molar-refractivity contribution in [2.75, 3.05) is 13.2 Å². The standard InChI is InChI=1S/C15H22N2O2.ClH/c1-3-12-6-4-5-7-13(12)10-17-15(18)14-11(2)19-9-8-16-14;/h4-7,11,14,16H,3,8-10H2,1-2H3,(H,17,18);1H/t11-,14+;/m1./s1. The van der Waals surface area contributed by atoms with Crippen LogP contribution in [-0.4, -0.2) is 31.2 Å². The first-order chi connectivity index (χ1) is 9.22. The van der Waals surface area contributed by atoms with Crippen LogP contribution in [0.5, 0.6) is 0 Å². The molecule has 1 aliphatic heterocycles. The van der Waals surface area contributed by atoms with Gasteiger partial charge in [0.25, 0.3) is 0 Å². The molecule has 0 aliphatic carbocycles. The number of aryl methyl sites for hydroxylation is 1. The average Bonchev–Trinajstić information content (AvgIpc) is 2.45. The molecule has 1 heterocycles. The maximum Gasteiger partial charge on any atom is 0.240 e. The molecule has 1 saturated heterocycles. The summed E-state index contributed by atoms with van der Waals surface area (Å²) in [4.78, 5) is 12.1. The Morgan fingerprint density at radius 2 is 2.10 bits per heavy atom. The molecule has 1 aromatic carbocycles. The van der Waals surface area contributed by atoms with E-state index in [0.717, 1.165) is 13.0 Å². The third-order valence-electron chi connectivity index (χ3n) is 3.55. The molecule has 1 aromatic rings. The Morgan fingerprint density at radius 1 is 1.40 bits per heavy atom. The number of carbonyl (C=O) groups excluding carboxylic acids is 1. The van der Waals surface area contributed by atoms with Gasteiger partial charge in [0.1, 0.15) is 6.04 Å². The minimum atomic E-state index is -0.248. The molecule has 0 bridgehead atoms. The van der Waals surface area contributed by atoms with Gasteiger partial charge in [-0.05, 0) is 24.5 Å². The van der Waals surface area contributed by atoms with Crippen molar-refractivity contribution in [1.29, 1.82) is 0 Å². The van der Waals surface area contributed by atoms with Crippen LogP contribution in [0.1, 0.15) is 25.0 Å². The first kappa shape index (κ1) is 17.0. The minimum Gasteiger partial charge on any atom is -0.375 e. The lowest BCUT2D eigenvalue weighted by Gasteiger charge is -2.29. The molecule has 2 rings (SSSR count). The van der Waals surface area contributed by atoms with Crippen LogP contribution >= 0.6 is 12.4 Å². The molecule has 20 heavy (non-hydrogen) atoms. The fourth-order valence-corrected chi connectivity index (χ4v) is 2.39. The molecule has 0 unspecified atom stereocenters. The Bertz CT molecular complexity index is 440. The minimum absolute atomic E-state index is 0. The van der Waals surface area contributed by atoms with Crippen molar-refractivity contribution in [2.45, 2.75) is 39.0 Å². The number of hydrogen-bond acceptors (Lipinski definition) is 3.